The van der Waals surface area contributed by atoms with E-state index in [0.29, 0.717) is 17.2 Å². The molecule has 1 aromatic heterocycles. The molecule has 0 atom stereocenters. The van der Waals surface area contributed by atoms with Crippen molar-refractivity contribution in [1.29, 1.82) is 0 Å². The number of carbonyl (C=O) groups is 1. The molecule has 6 heteroatoms. The van der Waals surface area contributed by atoms with Crippen LogP contribution in [0.25, 0.3) is 0 Å². The molecule has 3 rings (SSSR count). The van der Waals surface area contributed by atoms with Crippen LogP contribution in [0.5, 0.6) is 0 Å². The van der Waals surface area contributed by atoms with Gasteiger partial charge in [0, 0.05) is 11.4 Å². The third-order valence-electron chi connectivity index (χ3n) is 3.16. The second-order valence-electron chi connectivity index (χ2n) is 4.97. The Morgan fingerprint density at radius 3 is 2.42 bits per heavy atom. The fourth-order valence-corrected chi connectivity index (χ4v) is 2.71. The molecule has 0 fully saturated rings. The number of nitrogens with one attached hydrogen (secondary N) is 2. The molecular formula is C18H16N4OS. The fourth-order valence-electron chi connectivity index (χ4n) is 2.09. The monoisotopic (exact) mass is 336 g/mol. The lowest BCUT2D eigenvalue weighted by molar-refractivity contribution is 0.262. The van der Waals surface area contributed by atoms with Crippen LogP contribution < -0.4 is 16.4 Å². The van der Waals surface area contributed by atoms with E-state index in [0.717, 1.165) is 10.6 Å². The first-order chi connectivity index (χ1) is 11.7. The molecule has 0 radical (unpaired) electrons. The van der Waals surface area contributed by atoms with Gasteiger partial charge in [-0.15, -0.1) is 11.3 Å². The van der Waals surface area contributed by atoms with Crippen molar-refractivity contribution in [2.24, 2.45) is 10.7 Å². The van der Waals surface area contributed by atoms with Crippen LogP contribution in [0, 0.1) is 0 Å². The third kappa shape index (κ3) is 4.21. The third-order valence-corrected chi connectivity index (χ3v) is 4.05. The first-order valence-corrected chi connectivity index (χ1v) is 8.20. The van der Waals surface area contributed by atoms with E-state index in [-0.39, 0.29) is 6.03 Å². The second-order valence-corrected chi connectivity index (χ2v) is 5.92. The zero-order valence-electron chi connectivity index (χ0n) is 12.8. The minimum atomic E-state index is -0.312. The number of amidine groups is 1. The molecule has 0 saturated carbocycles. The molecule has 0 saturated heterocycles. The van der Waals surface area contributed by atoms with Crippen molar-refractivity contribution in [2.75, 3.05) is 10.6 Å². The maximum atomic E-state index is 12.0. The van der Waals surface area contributed by atoms with Gasteiger partial charge in [0.05, 0.1) is 10.6 Å². The molecular weight excluding hydrogens is 320 g/mol. The van der Waals surface area contributed by atoms with Gasteiger partial charge in [-0.1, -0.05) is 30.3 Å². The van der Waals surface area contributed by atoms with Crippen LogP contribution in [0.4, 0.5) is 21.9 Å². The van der Waals surface area contributed by atoms with Gasteiger partial charge in [-0.05, 0) is 41.8 Å². The first-order valence-electron chi connectivity index (χ1n) is 7.32. The Morgan fingerprint density at radius 1 is 0.917 bits per heavy atom. The summed E-state index contributed by atoms with van der Waals surface area (Å²) in [5.41, 5.74) is 8.03. The lowest BCUT2D eigenvalue weighted by Crippen LogP contribution is -2.19. The normalized spacial score (nSPS) is 11.1. The minimum Gasteiger partial charge on any atom is -0.383 e. The van der Waals surface area contributed by atoms with Crippen molar-refractivity contribution in [1.82, 2.24) is 0 Å². The zero-order valence-corrected chi connectivity index (χ0v) is 13.6. The fraction of sp³-hybridized carbons (Fsp3) is 0. The summed E-state index contributed by atoms with van der Waals surface area (Å²) in [6.45, 7) is 0. The predicted molar refractivity (Wildman–Crippen MR) is 100 cm³/mol. The van der Waals surface area contributed by atoms with Gasteiger partial charge >= 0.3 is 6.03 Å². The van der Waals surface area contributed by atoms with Crippen molar-refractivity contribution in [2.45, 2.75) is 0 Å². The Balaban J connectivity index is 1.69. The number of hydrogen-bond acceptors (Lipinski definition) is 3. The molecule has 0 bridgehead atoms. The Morgan fingerprint density at radius 2 is 1.67 bits per heavy atom. The van der Waals surface area contributed by atoms with Gasteiger partial charge in [-0.3, -0.25) is 0 Å². The summed E-state index contributed by atoms with van der Waals surface area (Å²) in [5.74, 6) is 0.455. The highest BCUT2D eigenvalue weighted by atomic mass is 32.1. The average molecular weight is 336 g/mol. The van der Waals surface area contributed by atoms with Crippen LogP contribution in [0.3, 0.4) is 0 Å². The molecule has 0 spiro atoms. The summed E-state index contributed by atoms with van der Waals surface area (Å²) in [4.78, 5) is 17.3. The molecule has 0 unspecified atom stereocenters. The van der Waals surface area contributed by atoms with Gasteiger partial charge in [0.2, 0.25) is 0 Å². The summed E-state index contributed by atoms with van der Waals surface area (Å²) >= 11 is 1.53. The van der Waals surface area contributed by atoms with Gasteiger partial charge < -0.3 is 16.4 Å². The highest BCUT2D eigenvalue weighted by Gasteiger charge is 2.04. The number of amides is 2. The van der Waals surface area contributed by atoms with Crippen LogP contribution in [-0.2, 0) is 0 Å². The maximum absolute atomic E-state index is 12.0. The summed E-state index contributed by atoms with van der Waals surface area (Å²) in [5, 5.41) is 7.49. The van der Waals surface area contributed by atoms with E-state index in [1.807, 2.05) is 60.0 Å². The number of rotatable bonds is 4. The van der Waals surface area contributed by atoms with E-state index in [1.54, 1.807) is 12.1 Å². The highest BCUT2D eigenvalue weighted by Crippen LogP contribution is 2.20. The van der Waals surface area contributed by atoms with Gasteiger partial charge in [0.15, 0.2) is 0 Å². The Kier molecular flexibility index (Phi) is 4.88. The zero-order chi connectivity index (χ0) is 16.8. The van der Waals surface area contributed by atoms with Crippen LogP contribution in [0.15, 0.2) is 77.1 Å². The standard InChI is InChI=1S/C18H16N4OS/c19-17(16-10-5-11-24-16)20-14-8-4-9-15(12-14)22-18(23)21-13-6-2-1-3-7-13/h1-12H,(H2,19,20)(H2,21,22,23). The van der Waals surface area contributed by atoms with Gasteiger partial charge in [0.1, 0.15) is 5.84 Å². The number of hydrogen-bond donors (Lipinski definition) is 3. The second kappa shape index (κ2) is 7.43. The SMILES string of the molecule is NC(=Nc1cccc(NC(=O)Nc2ccccc2)c1)c1cccs1. The molecule has 0 aliphatic rings. The van der Waals surface area contributed by atoms with Gasteiger partial charge in [-0.2, -0.15) is 0 Å². The summed E-state index contributed by atoms with van der Waals surface area (Å²) < 4.78 is 0. The van der Waals surface area contributed by atoms with Crippen LogP contribution >= 0.6 is 11.3 Å². The first kappa shape index (κ1) is 15.8. The number of carbonyl (C=O) groups excluding carboxylic acids is 1. The molecule has 5 nitrogen and oxygen atoms in total. The van der Waals surface area contributed by atoms with Crippen molar-refractivity contribution in [3.8, 4) is 0 Å². The summed E-state index contributed by atoms with van der Waals surface area (Å²) in [7, 11) is 0. The lowest BCUT2D eigenvalue weighted by Gasteiger charge is -2.08. The van der Waals surface area contributed by atoms with Crippen molar-refractivity contribution >= 4 is 40.3 Å². The maximum Gasteiger partial charge on any atom is 0.323 e. The summed E-state index contributed by atoms with van der Waals surface area (Å²) in [6, 6.07) is 20.0. The Bertz CT molecular complexity index is 844. The number of nitrogens with zero attached hydrogens (tertiary/aromatic N) is 1. The van der Waals surface area contributed by atoms with E-state index < -0.39 is 0 Å². The number of anilines is 2. The highest BCUT2D eigenvalue weighted by molar-refractivity contribution is 7.12. The topological polar surface area (TPSA) is 79.5 Å². The number of aliphatic imine (C=N–C) groups is 1. The number of para-hydroxylation sites is 1. The summed E-state index contributed by atoms with van der Waals surface area (Å²) in [6.07, 6.45) is 0. The number of nitrogens with two attached hydrogens (primary N) is 1. The molecule has 4 N–H and O–H groups in total. The van der Waals surface area contributed by atoms with E-state index >= 15 is 0 Å². The largest absolute Gasteiger partial charge is 0.383 e. The average Bonchev–Trinajstić information content (AvgIpc) is 3.10. The lowest BCUT2D eigenvalue weighted by atomic mass is 10.3. The molecule has 120 valence electrons. The van der Waals surface area contributed by atoms with Crippen LogP contribution in [0.2, 0.25) is 0 Å². The molecule has 24 heavy (non-hydrogen) atoms. The quantitative estimate of drug-likeness (QED) is 0.487. The van der Waals surface area contributed by atoms with Crippen LogP contribution in [-0.4, -0.2) is 11.9 Å². The van der Waals surface area contributed by atoms with Crippen molar-refractivity contribution in [3.05, 3.63) is 77.0 Å². The van der Waals surface area contributed by atoms with E-state index in [2.05, 4.69) is 15.6 Å². The molecule has 0 aliphatic heterocycles. The van der Waals surface area contributed by atoms with Gasteiger partial charge in [0.25, 0.3) is 0 Å². The predicted octanol–water partition coefficient (Wildman–Crippen LogP) is 4.43. The minimum absolute atomic E-state index is 0.312. The number of urea groups is 1. The van der Waals surface area contributed by atoms with E-state index in [4.69, 9.17) is 5.73 Å². The molecule has 2 aromatic carbocycles. The van der Waals surface area contributed by atoms with Crippen molar-refractivity contribution in [3.63, 3.8) is 0 Å². The molecule has 0 aliphatic carbocycles. The number of benzene rings is 2. The van der Waals surface area contributed by atoms with E-state index in [1.165, 1.54) is 11.3 Å². The Labute approximate surface area is 143 Å². The molecule has 2 amide bonds. The van der Waals surface area contributed by atoms with Crippen molar-refractivity contribution < 1.29 is 4.79 Å². The van der Waals surface area contributed by atoms with E-state index in [9.17, 15) is 4.79 Å². The smallest absolute Gasteiger partial charge is 0.323 e. The Hall–Kier alpha value is -3.12. The molecule has 3 aromatic rings. The van der Waals surface area contributed by atoms with Gasteiger partial charge in [-0.25, -0.2) is 9.79 Å². The van der Waals surface area contributed by atoms with Crippen LogP contribution in [0.1, 0.15) is 4.88 Å². The molecule has 1 heterocycles. The number of thiophene rings is 1.